The van der Waals surface area contributed by atoms with Gasteiger partial charge in [-0.3, -0.25) is 14.9 Å². The van der Waals surface area contributed by atoms with Gasteiger partial charge in [0.1, 0.15) is 5.82 Å². The van der Waals surface area contributed by atoms with Crippen LogP contribution < -0.4 is 5.01 Å². The maximum atomic E-state index is 13.2. The standard InChI is InChI=1S/C21H18FN3O5/c1-2-19-18(20(26)24(23-19)16-9-5-15(22)6-10-16)12-14(21(27)28)11-13-3-7-17(8-4-13)25(29)30/h3-11,18H,2,12H2,1H3,(H,27,28). The number of carbonyl (C=O) groups excluding carboxylic acids is 1. The second-order valence-corrected chi connectivity index (χ2v) is 6.65. The molecule has 8 nitrogen and oxygen atoms in total. The van der Waals surface area contributed by atoms with Gasteiger partial charge in [-0.25, -0.2) is 14.2 Å². The summed E-state index contributed by atoms with van der Waals surface area (Å²) in [6.45, 7) is 1.81. The van der Waals surface area contributed by atoms with Crippen LogP contribution in [0, 0.1) is 21.8 Å². The molecule has 0 radical (unpaired) electrons. The summed E-state index contributed by atoms with van der Waals surface area (Å²) in [6.07, 6.45) is 1.74. The van der Waals surface area contributed by atoms with Crippen molar-refractivity contribution in [3.63, 3.8) is 0 Å². The fourth-order valence-corrected chi connectivity index (χ4v) is 3.15. The third kappa shape index (κ3) is 4.40. The maximum Gasteiger partial charge on any atom is 0.331 e. The van der Waals surface area contributed by atoms with Crippen LogP contribution in [0.25, 0.3) is 6.08 Å². The van der Waals surface area contributed by atoms with E-state index in [-0.39, 0.29) is 17.7 Å². The minimum absolute atomic E-state index is 0.0238. The maximum absolute atomic E-state index is 13.2. The molecular formula is C21H18FN3O5. The van der Waals surface area contributed by atoms with Gasteiger partial charge in [-0.2, -0.15) is 5.10 Å². The van der Waals surface area contributed by atoms with Gasteiger partial charge in [-0.05, 0) is 60.9 Å². The summed E-state index contributed by atoms with van der Waals surface area (Å²) in [5, 5.41) is 25.8. The Morgan fingerprint density at radius 1 is 1.23 bits per heavy atom. The number of carbonyl (C=O) groups is 2. The molecule has 1 unspecified atom stereocenters. The van der Waals surface area contributed by atoms with E-state index in [0.717, 1.165) is 5.01 Å². The Kier molecular flexibility index (Phi) is 6.01. The van der Waals surface area contributed by atoms with Gasteiger partial charge >= 0.3 is 5.97 Å². The Morgan fingerprint density at radius 3 is 2.40 bits per heavy atom. The summed E-state index contributed by atoms with van der Waals surface area (Å²) in [7, 11) is 0. The molecule has 0 spiro atoms. The van der Waals surface area contributed by atoms with Crippen LogP contribution in [0.3, 0.4) is 0 Å². The highest BCUT2D eigenvalue weighted by Crippen LogP contribution is 2.30. The largest absolute Gasteiger partial charge is 0.478 e. The smallest absolute Gasteiger partial charge is 0.331 e. The Bertz CT molecular complexity index is 1050. The van der Waals surface area contributed by atoms with E-state index in [4.69, 9.17) is 0 Å². The lowest BCUT2D eigenvalue weighted by atomic mass is 9.92. The molecule has 0 saturated carbocycles. The fraction of sp³-hybridized carbons (Fsp3) is 0.190. The first-order chi connectivity index (χ1) is 14.3. The number of carboxylic acids is 1. The third-order valence-electron chi connectivity index (χ3n) is 4.71. The predicted octanol–water partition coefficient (Wildman–Crippen LogP) is 4.02. The van der Waals surface area contributed by atoms with E-state index in [9.17, 15) is 29.2 Å². The molecule has 2 aromatic rings. The third-order valence-corrected chi connectivity index (χ3v) is 4.71. The molecule has 1 aliphatic rings. The first kappa shape index (κ1) is 20.8. The lowest BCUT2D eigenvalue weighted by Gasteiger charge is -2.15. The second kappa shape index (κ2) is 8.64. The van der Waals surface area contributed by atoms with Gasteiger partial charge in [0.05, 0.1) is 22.2 Å². The molecule has 0 bridgehead atoms. The van der Waals surface area contributed by atoms with Crippen LogP contribution in [-0.2, 0) is 9.59 Å². The van der Waals surface area contributed by atoms with Crippen LogP contribution in [0.15, 0.2) is 59.2 Å². The molecule has 1 N–H and O–H groups in total. The van der Waals surface area contributed by atoms with E-state index in [1.165, 1.54) is 54.6 Å². The van der Waals surface area contributed by atoms with Crippen LogP contribution >= 0.6 is 0 Å². The zero-order chi connectivity index (χ0) is 21.8. The highest BCUT2D eigenvalue weighted by Gasteiger charge is 2.37. The number of hydrogen-bond donors (Lipinski definition) is 1. The van der Waals surface area contributed by atoms with Crippen molar-refractivity contribution in [3.8, 4) is 0 Å². The SMILES string of the molecule is CCC1=NN(c2ccc(F)cc2)C(=O)C1CC(=Cc1ccc([N+](=O)[O-])cc1)C(=O)O. The van der Waals surface area contributed by atoms with Gasteiger partial charge in [0.2, 0.25) is 0 Å². The van der Waals surface area contributed by atoms with E-state index >= 15 is 0 Å². The normalized spacial score (nSPS) is 16.5. The van der Waals surface area contributed by atoms with Gasteiger partial charge in [0.15, 0.2) is 0 Å². The fourth-order valence-electron chi connectivity index (χ4n) is 3.15. The number of amides is 1. The highest BCUT2D eigenvalue weighted by molar-refractivity contribution is 6.16. The number of nitro benzene ring substituents is 1. The van der Waals surface area contributed by atoms with E-state index < -0.39 is 28.5 Å². The predicted molar refractivity (Wildman–Crippen MR) is 108 cm³/mol. The van der Waals surface area contributed by atoms with Crippen LogP contribution in [0.2, 0.25) is 0 Å². The lowest BCUT2D eigenvalue weighted by molar-refractivity contribution is -0.384. The Morgan fingerprint density at radius 2 is 1.87 bits per heavy atom. The van der Waals surface area contributed by atoms with Gasteiger partial charge < -0.3 is 5.11 Å². The number of carboxylic acid groups (broad SMARTS) is 1. The summed E-state index contributed by atoms with van der Waals surface area (Å²) >= 11 is 0. The second-order valence-electron chi connectivity index (χ2n) is 6.65. The lowest BCUT2D eigenvalue weighted by Crippen LogP contribution is -2.28. The molecule has 3 rings (SSSR count). The van der Waals surface area contributed by atoms with E-state index in [1.807, 2.05) is 6.92 Å². The molecular weight excluding hydrogens is 393 g/mol. The number of non-ortho nitro benzene ring substituents is 1. The highest BCUT2D eigenvalue weighted by atomic mass is 19.1. The number of hydrazone groups is 1. The number of benzene rings is 2. The molecule has 1 heterocycles. The summed E-state index contributed by atoms with van der Waals surface area (Å²) in [5.74, 6) is -2.80. The molecule has 0 aliphatic carbocycles. The summed E-state index contributed by atoms with van der Waals surface area (Å²) < 4.78 is 13.2. The van der Waals surface area contributed by atoms with Crippen molar-refractivity contribution >= 4 is 35.0 Å². The zero-order valence-corrected chi connectivity index (χ0v) is 16.0. The molecule has 30 heavy (non-hydrogen) atoms. The number of rotatable bonds is 7. The van der Waals surface area contributed by atoms with Gasteiger partial charge in [0.25, 0.3) is 11.6 Å². The summed E-state index contributed by atoms with van der Waals surface area (Å²) in [6, 6.07) is 10.7. The molecule has 1 aliphatic heterocycles. The molecule has 0 saturated heterocycles. The van der Waals surface area contributed by atoms with Gasteiger partial charge in [-0.1, -0.05) is 6.92 Å². The van der Waals surface area contributed by atoms with Crippen LogP contribution in [-0.4, -0.2) is 27.6 Å². The van der Waals surface area contributed by atoms with Crippen LogP contribution in [0.1, 0.15) is 25.3 Å². The molecule has 9 heteroatoms. The summed E-state index contributed by atoms with van der Waals surface area (Å²) in [5.41, 5.74) is 1.26. The zero-order valence-electron chi connectivity index (χ0n) is 16.0. The van der Waals surface area contributed by atoms with Crippen molar-refractivity contribution in [2.75, 3.05) is 5.01 Å². The van der Waals surface area contributed by atoms with Crippen molar-refractivity contribution in [1.29, 1.82) is 0 Å². The van der Waals surface area contributed by atoms with Crippen molar-refractivity contribution < 1.29 is 24.0 Å². The quantitative estimate of drug-likeness (QED) is 0.420. The molecule has 0 aromatic heterocycles. The first-order valence-corrected chi connectivity index (χ1v) is 9.15. The molecule has 1 atom stereocenters. The van der Waals surface area contributed by atoms with E-state index in [2.05, 4.69) is 5.10 Å². The average Bonchev–Trinajstić information content (AvgIpc) is 3.04. The minimum atomic E-state index is -1.20. The minimum Gasteiger partial charge on any atom is -0.478 e. The number of nitro groups is 1. The van der Waals surface area contributed by atoms with Gasteiger partial charge in [0, 0.05) is 17.7 Å². The number of halogens is 1. The Hall–Kier alpha value is -3.88. The van der Waals surface area contributed by atoms with Crippen molar-refractivity contribution in [1.82, 2.24) is 0 Å². The van der Waals surface area contributed by atoms with Crippen LogP contribution in [0.4, 0.5) is 15.8 Å². The monoisotopic (exact) mass is 411 g/mol. The van der Waals surface area contributed by atoms with Crippen molar-refractivity contribution in [2.45, 2.75) is 19.8 Å². The number of hydrogen-bond acceptors (Lipinski definition) is 5. The van der Waals surface area contributed by atoms with Crippen molar-refractivity contribution in [3.05, 3.63) is 75.6 Å². The number of nitrogens with zero attached hydrogens (tertiary/aromatic N) is 3. The van der Waals surface area contributed by atoms with E-state index in [0.29, 0.717) is 23.4 Å². The molecule has 154 valence electrons. The van der Waals surface area contributed by atoms with Crippen LogP contribution in [0.5, 0.6) is 0 Å². The Balaban J connectivity index is 1.86. The average molecular weight is 411 g/mol. The van der Waals surface area contributed by atoms with Gasteiger partial charge in [-0.15, -0.1) is 0 Å². The van der Waals surface area contributed by atoms with E-state index in [1.54, 1.807) is 0 Å². The first-order valence-electron chi connectivity index (χ1n) is 9.15. The number of anilines is 1. The summed E-state index contributed by atoms with van der Waals surface area (Å²) in [4.78, 5) is 34.9. The number of aliphatic carboxylic acids is 1. The Labute approximate surface area is 171 Å². The molecule has 2 aromatic carbocycles. The van der Waals surface area contributed by atoms with Crippen molar-refractivity contribution in [2.24, 2.45) is 11.0 Å². The molecule has 1 amide bonds. The molecule has 0 fully saturated rings. The topological polar surface area (TPSA) is 113 Å².